The molecule has 1 aromatic rings. The van der Waals surface area contributed by atoms with Gasteiger partial charge in [-0.25, -0.2) is 18.0 Å². The van der Waals surface area contributed by atoms with Crippen molar-refractivity contribution >= 4 is 27.9 Å². The lowest BCUT2D eigenvalue weighted by molar-refractivity contribution is -0.133. The molecule has 3 rings (SSSR count). The van der Waals surface area contributed by atoms with E-state index in [2.05, 4.69) is 10.6 Å². The maximum absolute atomic E-state index is 13.2. The van der Waals surface area contributed by atoms with Gasteiger partial charge in [0.15, 0.2) is 9.84 Å². The zero-order valence-corrected chi connectivity index (χ0v) is 21.2. The number of rotatable bonds is 7. The summed E-state index contributed by atoms with van der Waals surface area (Å²) in [6.45, 7) is 5.38. The van der Waals surface area contributed by atoms with Crippen LogP contribution in [0.2, 0.25) is 0 Å². The summed E-state index contributed by atoms with van der Waals surface area (Å²) in [5.41, 5.74) is 0.830. The number of hydrogen-bond acceptors (Lipinski definition) is 6. The first-order chi connectivity index (χ1) is 16.4. The van der Waals surface area contributed by atoms with E-state index in [9.17, 15) is 22.8 Å². The van der Waals surface area contributed by atoms with Crippen LogP contribution in [0, 0.1) is 5.92 Å². The second-order valence-corrected chi connectivity index (χ2v) is 13.0. The van der Waals surface area contributed by atoms with E-state index < -0.39 is 38.7 Å². The predicted octanol–water partition coefficient (Wildman–Crippen LogP) is 2.53. The molecule has 0 bridgehead atoms. The third kappa shape index (κ3) is 6.87. The summed E-state index contributed by atoms with van der Waals surface area (Å²) < 4.78 is 30.2. The van der Waals surface area contributed by atoms with Gasteiger partial charge in [0.1, 0.15) is 12.6 Å². The first-order valence-electron chi connectivity index (χ1n) is 11.9. The molecule has 0 spiro atoms. The lowest BCUT2D eigenvalue weighted by Crippen LogP contribution is -2.53. The van der Waals surface area contributed by atoms with Crippen LogP contribution in [-0.4, -0.2) is 71.7 Å². The van der Waals surface area contributed by atoms with Crippen molar-refractivity contribution in [2.75, 3.05) is 12.3 Å². The summed E-state index contributed by atoms with van der Waals surface area (Å²) in [6.07, 6.45) is -0.133. The van der Waals surface area contributed by atoms with Crippen LogP contribution in [0.1, 0.15) is 52.0 Å². The highest BCUT2D eigenvalue weighted by atomic mass is 32.2. The summed E-state index contributed by atoms with van der Waals surface area (Å²) >= 11 is 0. The Morgan fingerprint density at radius 1 is 1.11 bits per heavy atom. The summed E-state index contributed by atoms with van der Waals surface area (Å²) in [6, 6.07) is 7.74. The van der Waals surface area contributed by atoms with E-state index in [0.29, 0.717) is 32.2 Å². The van der Waals surface area contributed by atoms with Crippen molar-refractivity contribution in [2.24, 2.45) is 5.92 Å². The van der Waals surface area contributed by atoms with Gasteiger partial charge in [-0.05, 0) is 57.9 Å². The van der Waals surface area contributed by atoms with Crippen LogP contribution in [-0.2, 0) is 26.0 Å². The van der Waals surface area contributed by atoms with Crippen molar-refractivity contribution in [1.29, 1.82) is 0 Å². The molecule has 2 aliphatic rings. The molecule has 1 heterocycles. The predicted molar refractivity (Wildman–Crippen MR) is 129 cm³/mol. The Balaban J connectivity index is 1.66. The quantitative estimate of drug-likeness (QED) is 0.513. The number of nitrogens with one attached hydrogen (secondary N) is 2. The average molecular weight is 510 g/mol. The summed E-state index contributed by atoms with van der Waals surface area (Å²) in [5, 5.41) is 14.2. The van der Waals surface area contributed by atoms with Gasteiger partial charge in [-0.3, -0.25) is 4.79 Å². The molecule has 1 aromatic carbocycles. The van der Waals surface area contributed by atoms with Crippen molar-refractivity contribution in [3.8, 4) is 0 Å². The number of ether oxygens (including phenoxy) is 1. The molecule has 0 radical (unpaired) electrons. The van der Waals surface area contributed by atoms with Crippen LogP contribution in [0.5, 0.6) is 0 Å². The van der Waals surface area contributed by atoms with Crippen molar-refractivity contribution in [3.05, 3.63) is 35.9 Å². The Bertz CT molecular complexity index is 1020. The van der Waals surface area contributed by atoms with Crippen molar-refractivity contribution in [1.82, 2.24) is 15.5 Å². The molecule has 1 saturated carbocycles. The van der Waals surface area contributed by atoms with Gasteiger partial charge in [-0.15, -0.1) is 0 Å². The van der Waals surface area contributed by atoms with Gasteiger partial charge < -0.3 is 25.4 Å². The highest BCUT2D eigenvalue weighted by Gasteiger charge is 2.45. The number of carbonyl (C=O) groups excluding carboxylic acids is 2. The number of alkyl carbamates (subject to hydrolysis) is 1. The second kappa shape index (κ2) is 10.8. The smallest absolute Gasteiger partial charge is 0.408 e. The monoisotopic (exact) mass is 509 g/mol. The van der Waals surface area contributed by atoms with Crippen LogP contribution in [0.3, 0.4) is 0 Å². The van der Waals surface area contributed by atoms with Gasteiger partial charge in [-0.1, -0.05) is 30.3 Å². The van der Waals surface area contributed by atoms with Gasteiger partial charge in [-0.2, -0.15) is 0 Å². The van der Waals surface area contributed by atoms with E-state index in [1.165, 1.54) is 0 Å². The number of sulfone groups is 1. The molecule has 35 heavy (non-hydrogen) atoms. The highest BCUT2D eigenvalue weighted by molar-refractivity contribution is 7.92. The third-order valence-corrected chi connectivity index (χ3v) is 9.51. The standard InChI is InChI=1S/C24H35N3O7S/c1-24(2,3)35(32,33)15-17-13-18(25-22(29)30)9-10-20(17)27-12-11-19(21(27)28)26-23(31)34-14-16-7-5-4-6-8-16/h4-8,17-20,25H,9-15H2,1-3H3,(H,26,31)(H,29,30)/t17-,18+,19-,20-/m0/s1. The largest absolute Gasteiger partial charge is 0.465 e. The SMILES string of the molecule is CC(C)(C)S(=O)(=O)C[C@@H]1C[C@H](NC(=O)O)CC[C@@H]1N1CC[C@H](NC(=O)OCc2ccccc2)C1=O. The van der Waals surface area contributed by atoms with Crippen LogP contribution in [0.15, 0.2) is 30.3 Å². The van der Waals surface area contributed by atoms with Gasteiger partial charge >= 0.3 is 12.2 Å². The van der Waals surface area contributed by atoms with Crippen molar-refractivity contribution in [2.45, 2.75) is 75.9 Å². The van der Waals surface area contributed by atoms with E-state index in [-0.39, 0.29) is 30.4 Å². The molecule has 4 atom stereocenters. The number of nitrogens with zero attached hydrogens (tertiary/aromatic N) is 1. The molecule has 1 saturated heterocycles. The topological polar surface area (TPSA) is 142 Å². The van der Waals surface area contributed by atoms with Crippen LogP contribution in [0.25, 0.3) is 0 Å². The average Bonchev–Trinajstić information content (AvgIpc) is 3.11. The van der Waals surface area contributed by atoms with Crippen LogP contribution < -0.4 is 10.6 Å². The van der Waals surface area contributed by atoms with E-state index in [1.807, 2.05) is 30.3 Å². The fourth-order valence-electron chi connectivity index (χ4n) is 4.75. The molecule has 0 aromatic heterocycles. The first-order valence-corrected chi connectivity index (χ1v) is 13.5. The number of carboxylic acid groups (broad SMARTS) is 1. The van der Waals surface area contributed by atoms with Crippen molar-refractivity contribution < 1.29 is 32.6 Å². The Kier molecular flexibility index (Phi) is 8.30. The van der Waals surface area contributed by atoms with E-state index in [0.717, 1.165) is 5.56 Å². The summed E-state index contributed by atoms with van der Waals surface area (Å²) in [5.74, 6) is -0.827. The fraction of sp³-hybridized carbons (Fsp3) is 0.625. The van der Waals surface area contributed by atoms with Gasteiger partial charge in [0.25, 0.3) is 0 Å². The minimum Gasteiger partial charge on any atom is -0.465 e. The van der Waals surface area contributed by atoms with Gasteiger partial charge in [0.2, 0.25) is 5.91 Å². The number of benzene rings is 1. The molecular formula is C24H35N3O7S. The molecule has 3 N–H and O–H groups in total. The van der Waals surface area contributed by atoms with Crippen LogP contribution in [0.4, 0.5) is 9.59 Å². The second-order valence-electron chi connectivity index (χ2n) is 10.3. The first kappa shape index (κ1) is 26.8. The zero-order valence-electron chi connectivity index (χ0n) is 20.4. The molecule has 1 aliphatic carbocycles. The van der Waals surface area contributed by atoms with Crippen LogP contribution >= 0.6 is 0 Å². The maximum atomic E-state index is 13.2. The van der Waals surface area contributed by atoms with Crippen molar-refractivity contribution in [3.63, 3.8) is 0 Å². The zero-order chi connectivity index (χ0) is 25.8. The van der Waals surface area contributed by atoms with E-state index in [4.69, 9.17) is 9.84 Å². The maximum Gasteiger partial charge on any atom is 0.408 e. The Morgan fingerprint density at radius 2 is 1.80 bits per heavy atom. The number of likely N-dealkylation sites (tertiary alicyclic amines) is 1. The molecule has 194 valence electrons. The Labute approximate surface area is 206 Å². The summed E-state index contributed by atoms with van der Waals surface area (Å²) in [7, 11) is -3.50. The third-order valence-electron chi connectivity index (χ3n) is 6.78. The Morgan fingerprint density at radius 3 is 2.43 bits per heavy atom. The normalized spacial score (nSPS) is 25.2. The minimum absolute atomic E-state index is 0.0879. The molecular weight excluding hydrogens is 474 g/mol. The lowest BCUT2D eigenvalue weighted by atomic mass is 9.81. The highest BCUT2D eigenvalue weighted by Crippen LogP contribution is 2.34. The van der Waals surface area contributed by atoms with E-state index >= 15 is 0 Å². The number of amides is 3. The summed E-state index contributed by atoms with van der Waals surface area (Å²) in [4.78, 5) is 38.2. The number of hydrogen-bond donors (Lipinski definition) is 3. The fourth-order valence-corrected chi connectivity index (χ4v) is 6.17. The molecule has 11 heteroatoms. The molecule has 1 aliphatic heterocycles. The molecule has 0 unspecified atom stereocenters. The molecule has 2 fully saturated rings. The number of carbonyl (C=O) groups is 3. The molecule has 10 nitrogen and oxygen atoms in total. The van der Waals surface area contributed by atoms with Gasteiger partial charge in [0.05, 0.1) is 10.5 Å². The Hall–Kier alpha value is -2.82. The molecule has 3 amide bonds. The minimum atomic E-state index is -3.50. The lowest BCUT2D eigenvalue weighted by Gasteiger charge is -2.41. The van der Waals surface area contributed by atoms with E-state index in [1.54, 1.807) is 25.7 Å². The van der Waals surface area contributed by atoms with Gasteiger partial charge in [0, 0.05) is 18.6 Å².